The SMILES string of the molecule is c1ccc(Sc2ncnc3ccccc23)nc1. The van der Waals surface area contributed by atoms with Crippen molar-refractivity contribution in [2.75, 3.05) is 0 Å². The predicted octanol–water partition coefficient (Wildman–Crippen LogP) is 3.18. The van der Waals surface area contributed by atoms with Gasteiger partial charge in [-0.25, -0.2) is 15.0 Å². The fourth-order valence-corrected chi connectivity index (χ4v) is 2.41. The summed E-state index contributed by atoms with van der Waals surface area (Å²) in [6, 6.07) is 13.8. The van der Waals surface area contributed by atoms with Crippen LogP contribution in [0.1, 0.15) is 0 Å². The van der Waals surface area contributed by atoms with E-state index in [1.165, 1.54) is 0 Å². The molecule has 1 aromatic carbocycles. The summed E-state index contributed by atoms with van der Waals surface area (Å²) in [6.07, 6.45) is 3.37. The zero-order chi connectivity index (χ0) is 11.5. The van der Waals surface area contributed by atoms with Crippen molar-refractivity contribution >= 4 is 22.7 Å². The molecule has 2 heterocycles. The number of hydrogen-bond acceptors (Lipinski definition) is 4. The zero-order valence-corrected chi connectivity index (χ0v) is 9.76. The highest BCUT2D eigenvalue weighted by Gasteiger charge is 2.05. The average molecular weight is 239 g/mol. The minimum Gasteiger partial charge on any atom is -0.250 e. The van der Waals surface area contributed by atoms with E-state index < -0.39 is 0 Å². The van der Waals surface area contributed by atoms with Crippen LogP contribution in [-0.2, 0) is 0 Å². The Morgan fingerprint density at radius 1 is 0.824 bits per heavy atom. The third-order valence-corrected chi connectivity index (χ3v) is 3.31. The number of nitrogens with zero attached hydrogens (tertiary/aromatic N) is 3. The predicted molar refractivity (Wildman–Crippen MR) is 67.9 cm³/mol. The molecule has 2 aromatic heterocycles. The molecule has 0 unspecified atom stereocenters. The van der Waals surface area contributed by atoms with Crippen LogP contribution in [0.3, 0.4) is 0 Å². The molecule has 0 fully saturated rings. The van der Waals surface area contributed by atoms with Crippen LogP contribution < -0.4 is 0 Å². The van der Waals surface area contributed by atoms with Crippen LogP contribution >= 0.6 is 11.8 Å². The van der Waals surface area contributed by atoms with Crippen LogP contribution in [0, 0.1) is 0 Å². The molecule has 0 aliphatic rings. The van der Waals surface area contributed by atoms with Gasteiger partial charge in [-0.15, -0.1) is 0 Å². The van der Waals surface area contributed by atoms with Crippen molar-refractivity contribution in [3.8, 4) is 0 Å². The summed E-state index contributed by atoms with van der Waals surface area (Å²) in [4.78, 5) is 12.8. The van der Waals surface area contributed by atoms with E-state index in [4.69, 9.17) is 0 Å². The van der Waals surface area contributed by atoms with Crippen molar-refractivity contribution < 1.29 is 0 Å². The molecule has 0 bridgehead atoms. The fourth-order valence-electron chi connectivity index (χ4n) is 1.57. The Morgan fingerprint density at radius 2 is 1.71 bits per heavy atom. The lowest BCUT2D eigenvalue weighted by molar-refractivity contribution is 1.08. The number of aromatic nitrogens is 3. The van der Waals surface area contributed by atoms with Crippen molar-refractivity contribution in [2.24, 2.45) is 0 Å². The summed E-state index contributed by atoms with van der Waals surface area (Å²) >= 11 is 1.55. The largest absolute Gasteiger partial charge is 0.250 e. The fraction of sp³-hybridized carbons (Fsp3) is 0. The monoisotopic (exact) mass is 239 g/mol. The first-order chi connectivity index (χ1) is 8.43. The van der Waals surface area contributed by atoms with Crippen LogP contribution in [0.4, 0.5) is 0 Å². The summed E-state index contributed by atoms with van der Waals surface area (Å²) < 4.78 is 0. The lowest BCUT2D eigenvalue weighted by Crippen LogP contribution is -1.87. The molecule has 0 saturated carbocycles. The van der Waals surface area contributed by atoms with Crippen molar-refractivity contribution in [1.29, 1.82) is 0 Å². The first-order valence-electron chi connectivity index (χ1n) is 5.22. The van der Waals surface area contributed by atoms with Gasteiger partial charge in [-0.1, -0.05) is 24.3 Å². The molecule has 3 aromatic rings. The quantitative estimate of drug-likeness (QED) is 0.644. The van der Waals surface area contributed by atoms with Crippen LogP contribution in [0.15, 0.2) is 65.0 Å². The van der Waals surface area contributed by atoms with Crippen molar-refractivity contribution in [2.45, 2.75) is 10.1 Å². The standard InChI is InChI=1S/C13H9N3S/c1-2-6-11-10(5-1)13(16-9-15-11)17-12-7-3-4-8-14-12/h1-9H. The van der Waals surface area contributed by atoms with E-state index in [0.717, 1.165) is 21.0 Å². The van der Waals surface area contributed by atoms with Gasteiger partial charge in [-0.05, 0) is 30.0 Å². The van der Waals surface area contributed by atoms with Crippen LogP contribution in [0.25, 0.3) is 10.9 Å². The molecule has 0 radical (unpaired) electrons. The maximum Gasteiger partial charge on any atom is 0.117 e. The van der Waals surface area contributed by atoms with Crippen molar-refractivity contribution in [3.63, 3.8) is 0 Å². The molecule has 0 aliphatic carbocycles. The Labute approximate surface area is 103 Å². The van der Waals surface area contributed by atoms with Gasteiger partial charge in [0.2, 0.25) is 0 Å². The molecule has 0 N–H and O–H groups in total. The molecule has 4 heteroatoms. The van der Waals surface area contributed by atoms with Crippen molar-refractivity contribution in [3.05, 3.63) is 55.0 Å². The molecule has 82 valence electrons. The number of hydrogen-bond donors (Lipinski definition) is 0. The summed E-state index contributed by atoms with van der Waals surface area (Å²) in [6.45, 7) is 0. The minimum absolute atomic E-state index is 0.939. The van der Waals surface area contributed by atoms with Crippen LogP contribution in [-0.4, -0.2) is 15.0 Å². The van der Waals surface area contributed by atoms with Gasteiger partial charge in [-0.3, -0.25) is 0 Å². The molecule has 0 atom stereocenters. The maximum absolute atomic E-state index is 4.31. The lowest BCUT2D eigenvalue weighted by Gasteiger charge is -2.03. The van der Waals surface area contributed by atoms with E-state index in [2.05, 4.69) is 15.0 Å². The lowest BCUT2D eigenvalue weighted by atomic mass is 10.2. The van der Waals surface area contributed by atoms with Crippen LogP contribution in [0.5, 0.6) is 0 Å². The number of para-hydroxylation sites is 1. The molecule has 3 rings (SSSR count). The smallest absolute Gasteiger partial charge is 0.117 e. The van der Waals surface area contributed by atoms with Crippen LogP contribution in [0.2, 0.25) is 0 Å². The topological polar surface area (TPSA) is 38.7 Å². The van der Waals surface area contributed by atoms with E-state index in [9.17, 15) is 0 Å². The number of benzene rings is 1. The Balaban J connectivity index is 2.06. The molecule has 3 nitrogen and oxygen atoms in total. The van der Waals surface area contributed by atoms with E-state index in [1.807, 2.05) is 42.5 Å². The number of fused-ring (bicyclic) bond motifs is 1. The summed E-state index contributed by atoms with van der Waals surface area (Å²) in [5.74, 6) is 0. The number of pyridine rings is 1. The van der Waals surface area contributed by atoms with Gasteiger partial charge in [0.25, 0.3) is 0 Å². The highest BCUT2D eigenvalue weighted by atomic mass is 32.2. The van der Waals surface area contributed by atoms with Gasteiger partial charge in [0, 0.05) is 11.6 Å². The second-order valence-electron chi connectivity index (χ2n) is 3.47. The van der Waals surface area contributed by atoms with Gasteiger partial charge < -0.3 is 0 Å². The molecule has 0 saturated heterocycles. The highest BCUT2D eigenvalue weighted by Crippen LogP contribution is 2.28. The van der Waals surface area contributed by atoms with Gasteiger partial charge >= 0.3 is 0 Å². The Hall–Kier alpha value is -1.94. The third kappa shape index (κ3) is 2.12. The summed E-state index contributed by atoms with van der Waals surface area (Å²) in [7, 11) is 0. The first-order valence-corrected chi connectivity index (χ1v) is 6.04. The number of rotatable bonds is 2. The first kappa shape index (κ1) is 10.2. The molecule has 0 spiro atoms. The van der Waals surface area contributed by atoms with E-state index >= 15 is 0 Å². The molecular weight excluding hydrogens is 230 g/mol. The normalized spacial score (nSPS) is 10.6. The third-order valence-electron chi connectivity index (χ3n) is 2.35. The second-order valence-corrected chi connectivity index (χ2v) is 4.48. The minimum atomic E-state index is 0.939. The molecule has 0 amide bonds. The zero-order valence-electron chi connectivity index (χ0n) is 8.95. The van der Waals surface area contributed by atoms with Gasteiger partial charge in [-0.2, -0.15) is 0 Å². The van der Waals surface area contributed by atoms with Gasteiger partial charge in [0.05, 0.1) is 5.52 Å². The van der Waals surface area contributed by atoms with E-state index in [1.54, 1.807) is 24.3 Å². The Bertz CT molecular complexity index is 635. The van der Waals surface area contributed by atoms with Gasteiger partial charge in [0.15, 0.2) is 0 Å². The molecule has 0 aliphatic heterocycles. The van der Waals surface area contributed by atoms with Gasteiger partial charge in [0.1, 0.15) is 16.4 Å². The maximum atomic E-state index is 4.31. The molecule has 17 heavy (non-hydrogen) atoms. The summed E-state index contributed by atoms with van der Waals surface area (Å²) in [5.41, 5.74) is 0.959. The van der Waals surface area contributed by atoms with E-state index in [0.29, 0.717) is 0 Å². The van der Waals surface area contributed by atoms with E-state index in [-0.39, 0.29) is 0 Å². The summed E-state index contributed by atoms with van der Waals surface area (Å²) in [5, 5.41) is 2.94. The van der Waals surface area contributed by atoms with Crippen molar-refractivity contribution in [1.82, 2.24) is 15.0 Å². The Kier molecular flexibility index (Phi) is 2.71. The Morgan fingerprint density at radius 3 is 2.59 bits per heavy atom. The average Bonchev–Trinajstić information content (AvgIpc) is 2.40. The highest BCUT2D eigenvalue weighted by molar-refractivity contribution is 7.99. The molecular formula is C13H9N3S. The second kappa shape index (κ2) is 4.51.